The van der Waals surface area contributed by atoms with E-state index in [2.05, 4.69) is 12.2 Å². The van der Waals surface area contributed by atoms with Gasteiger partial charge in [0.2, 0.25) is 0 Å². The molecule has 1 aromatic heterocycles. The van der Waals surface area contributed by atoms with Crippen molar-refractivity contribution in [2.45, 2.75) is 57.3 Å². The Balaban J connectivity index is 1.73. The average molecular weight is 261 g/mol. The van der Waals surface area contributed by atoms with Crippen molar-refractivity contribution < 1.29 is 4.79 Å². The lowest BCUT2D eigenvalue weighted by atomic mass is 9.98. The van der Waals surface area contributed by atoms with Crippen molar-refractivity contribution in [1.82, 2.24) is 14.8 Å². The van der Waals surface area contributed by atoms with Gasteiger partial charge in [0.25, 0.3) is 5.91 Å². The van der Waals surface area contributed by atoms with Crippen molar-refractivity contribution in [3.8, 4) is 0 Å². The predicted octanol–water partition coefficient (Wildman–Crippen LogP) is 1.86. The van der Waals surface area contributed by atoms with Gasteiger partial charge in [-0.2, -0.15) is 0 Å². The number of carbonyl (C=O) groups is 1. The van der Waals surface area contributed by atoms with Crippen molar-refractivity contribution in [2.75, 3.05) is 7.05 Å². The third-order valence-corrected chi connectivity index (χ3v) is 4.71. The molecule has 1 amide bonds. The summed E-state index contributed by atoms with van der Waals surface area (Å²) in [5.74, 6) is 0.165. The molecule has 2 aliphatic rings. The van der Waals surface area contributed by atoms with Crippen LogP contribution < -0.4 is 5.32 Å². The highest BCUT2D eigenvalue weighted by atomic mass is 16.2. The van der Waals surface area contributed by atoms with Crippen LogP contribution in [0.4, 0.5) is 0 Å². The molecule has 4 heteroatoms. The van der Waals surface area contributed by atoms with Gasteiger partial charge in [0.05, 0.1) is 0 Å². The third-order valence-electron chi connectivity index (χ3n) is 4.71. The molecule has 0 spiro atoms. The molecule has 3 rings (SSSR count). The molecule has 0 aliphatic carbocycles. The Hall–Kier alpha value is -1.29. The SMILES string of the molecule is CCn1cccc1C(=O)N(C)C1CC2CCC(C1)N2. The second-order valence-electron chi connectivity index (χ2n) is 5.86. The molecule has 0 saturated carbocycles. The molecule has 0 aromatic carbocycles. The summed E-state index contributed by atoms with van der Waals surface area (Å²) in [6.07, 6.45) is 6.73. The van der Waals surface area contributed by atoms with Gasteiger partial charge in [-0.05, 0) is 44.7 Å². The first-order valence-corrected chi connectivity index (χ1v) is 7.37. The van der Waals surface area contributed by atoms with Crippen molar-refractivity contribution in [1.29, 1.82) is 0 Å². The normalized spacial score (nSPS) is 29.5. The maximum Gasteiger partial charge on any atom is 0.270 e. The lowest BCUT2D eigenvalue weighted by Crippen LogP contribution is -2.49. The van der Waals surface area contributed by atoms with Gasteiger partial charge in [-0.15, -0.1) is 0 Å². The number of piperidine rings is 1. The number of hydrogen-bond acceptors (Lipinski definition) is 2. The smallest absolute Gasteiger partial charge is 0.270 e. The van der Waals surface area contributed by atoms with E-state index in [1.54, 1.807) is 0 Å². The minimum Gasteiger partial charge on any atom is -0.344 e. The van der Waals surface area contributed by atoms with Crippen LogP contribution in [-0.4, -0.2) is 40.5 Å². The molecule has 3 heterocycles. The lowest BCUT2D eigenvalue weighted by molar-refractivity contribution is 0.0671. The third kappa shape index (κ3) is 2.29. The number of nitrogens with zero attached hydrogens (tertiary/aromatic N) is 2. The van der Waals surface area contributed by atoms with Crippen LogP contribution in [0.25, 0.3) is 0 Å². The minimum atomic E-state index is 0.165. The molecule has 2 fully saturated rings. The fourth-order valence-corrected chi connectivity index (χ4v) is 3.57. The first kappa shape index (κ1) is 12.7. The summed E-state index contributed by atoms with van der Waals surface area (Å²) in [5, 5.41) is 3.63. The number of rotatable bonds is 3. The molecule has 2 aliphatic heterocycles. The van der Waals surface area contributed by atoms with E-state index in [9.17, 15) is 4.79 Å². The first-order valence-electron chi connectivity index (χ1n) is 7.37. The van der Waals surface area contributed by atoms with E-state index >= 15 is 0 Å². The Morgan fingerprint density at radius 1 is 1.42 bits per heavy atom. The standard InChI is InChI=1S/C15H23N3O/c1-3-18-8-4-5-14(18)15(19)17(2)13-9-11-6-7-12(10-13)16-11/h4-5,8,11-13,16H,3,6-7,9-10H2,1-2H3. The number of amides is 1. The molecule has 2 saturated heterocycles. The zero-order valence-corrected chi connectivity index (χ0v) is 11.8. The maximum atomic E-state index is 12.6. The summed E-state index contributed by atoms with van der Waals surface area (Å²) in [5.41, 5.74) is 0.816. The van der Waals surface area contributed by atoms with E-state index in [1.165, 1.54) is 12.8 Å². The molecule has 2 atom stereocenters. The van der Waals surface area contributed by atoms with Crippen LogP contribution >= 0.6 is 0 Å². The topological polar surface area (TPSA) is 37.3 Å². The van der Waals surface area contributed by atoms with Crippen molar-refractivity contribution in [2.24, 2.45) is 0 Å². The molecule has 19 heavy (non-hydrogen) atoms. The largest absolute Gasteiger partial charge is 0.344 e. The molecular formula is C15H23N3O. The highest BCUT2D eigenvalue weighted by Gasteiger charge is 2.36. The van der Waals surface area contributed by atoms with Crippen LogP contribution in [0.15, 0.2) is 18.3 Å². The molecule has 2 unspecified atom stereocenters. The Labute approximate surface area is 114 Å². The molecular weight excluding hydrogens is 238 g/mol. The molecule has 2 bridgehead atoms. The van der Waals surface area contributed by atoms with Crippen molar-refractivity contribution in [3.05, 3.63) is 24.0 Å². The fourth-order valence-electron chi connectivity index (χ4n) is 3.57. The van der Waals surface area contributed by atoms with Gasteiger partial charge in [-0.1, -0.05) is 0 Å². The first-order chi connectivity index (χ1) is 9.19. The summed E-state index contributed by atoms with van der Waals surface area (Å²) < 4.78 is 2.02. The minimum absolute atomic E-state index is 0.165. The molecule has 1 aromatic rings. The second kappa shape index (κ2) is 5.00. The van der Waals surface area contributed by atoms with E-state index in [0.29, 0.717) is 18.1 Å². The molecule has 4 nitrogen and oxygen atoms in total. The summed E-state index contributed by atoms with van der Waals surface area (Å²) in [7, 11) is 1.96. The summed E-state index contributed by atoms with van der Waals surface area (Å²) >= 11 is 0. The summed E-state index contributed by atoms with van der Waals surface area (Å²) in [6, 6.07) is 5.52. The van der Waals surface area contributed by atoms with E-state index in [4.69, 9.17) is 0 Å². The van der Waals surface area contributed by atoms with Crippen LogP contribution in [0.5, 0.6) is 0 Å². The quantitative estimate of drug-likeness (QED) is 0.902. The Kier molecular flexibility index (Phi) is 3.35. The number of aromatic nitrogens is 1. The van der Waals surface area contributed by atoms with E-state index in [1.807, 2.05) is 34.8 Å². The Morgan fingerprint density at radius 3 is 2.74 bits per heavy atom. The van der Waals surface area contributed by atoms with E-state index in [-0.39, 0.29) is 5.91 Å². The van der Waals surface area contributed by atoms with Crippen molar-refractivity contribution >= 4 is 5.91 Å². The van der Waals surface area contributed by atoms with Crippen LogP contribution in [0.3, 0.4) is 0 Å². The fraction of sp³-hybridized carbons (Fsp3) is 0.667. The van der Waals surface area contributed by atoms with Crippen molar-refractivity contribution in [3.63, 3.8) is 0 Å². The molecule has 1 N–H and O–H groups in total. The van der Waals surface area contributed by atoms with Gasteiger partial charge < -0.3 is 14.8 Å². The van der Waals surface area contributed by atoms with Crippen LogP contribution in [0, 0.1) is 0 Å². The monoisotopic (exact) mass is 261 g/mol. The van der Waals surface area contributed by atoms with Crippen LogP contribution in [0.2, 0.25) is 0 Å². The van der Waals surface area contributed by atoms with E-state index < -0.39 is 0 Å². The average Bonchev–Trinajstić information content (AvgIpc) is 3.03. The van der Waals surface area contributed by atoms with Gasteiger partial charge in [0.15, 0.2) is 0 Å². The zero-order valence-electron chi connectivity index (χ0n) is 11.8. The van der Waals surface area contributed by atoms with Gasteiger partial charge in [-0.3, -0.25) is 4.79 Å². The van der Waals surface area contributed by atoms with Crippen LogP contribution in [0.1, 0.15) is 43.1 Å². The number of aryl methyl sites for hydroxylation is 1. The second-order valence-corrected chi connectivity index (χ2v) is 5.86. The highest BCUT2D eigenvalue weighted by molar-refractivity contribution is 5.92. The number of carbonyl (C=O) groups excluding carboxylic acids is 1. The van der Waals surface area contributed by atoms with Gasteiger partial charge in [0, 0.05) is 37.9 Å². The predicted molar refractivity (Wildman–Crippen MR) is 75.2 cm³/mol. The van der Waals surface area contributed by atoms with E-state index in [0.717, 1.165) is 25.1 Å². The Morgan fingerprint density at radius 2 is 2.11 bits per heavy atom. The van der Waals surface area contributed by atoms with Gasteiger partial charge >= 0.3 is 0 Å². The Bertz CT molecular complexity index is 456. The number of nitrogens with one attached hydrogen (secondary N) is 1. The summed E-state index contributed by atoms with van der Waals surface area (Å²) in [4.78, 5) is 14.6. The van der Waals surface area contributed by atoms with Gasteiger partial charge in [0.1, 0.15) is 5.69 Å². The number of hydrogen-bond donors (Lipinski definition) is 1. The van der Waals surface area contributed by atoms with Gasteiger partial charge in [-0.25, -0.2) is 0 Å². The molecule has 104 valence electrons. The highest BCUT2D eigenvalue weighted by Crippen LogP contribution is 2.29. The molecule has 0 radical (unpaired) electrons. The number of fused-ring (bicyclic) bond motifs is 2. The zero-order chi connectivity index (χ0) is 13.4. The van der Waals surface area contributed by atoms with Crippen LogP contribution in [-0.2, 0) is 6.54 Å². The lowest BCUT2D eigenvalue weighted by Gasteiger charge is -2.35. The summed E-state index contributed by atoms with van der Waals surface area (Å²) in [6.45, 7) is 2.92. The maximum absolute atomic E-state index is 12.6.